The molecule has 0 fully saturated rings. The van der Waals surface area contributed by atoms with Crippen molar-refractivity contribution in [2.75, 3.05) is 0 Å². The van der Waals surface area contributed by atoms with Gasteiger partial charge in [0.15, 0.2) is 0 Å². The van der Waals surface area contributed by atoms with Crippen molar-refractivity contribution in [2.45, 2.75) is 27.2 Å². The van der Waals surface area contributed by atoms with E-state index in [4.69, 9.17) is 23.2 Å². The summed E-state index contributed by atoms with van der Waals surface area (Å²) in [6, 6.07) is 2.05. The standard InChI is InChI=1S/C10H12Cl2/c1-4-8-5-6(2)9(11)7(3)10(8)12/h5H,4H2,1-3H3. The van der Waals surface area contributed by atoms with Gasteiger partial charge >= 0.3 is 0 Å². The summed E-state index contributed by atoms with van der Waals surface area (Å²) in [5.41, 5.74) is 3.28. The van der Waals surface area contributed by atoms with Gasteiger partial charge in [-0.05, 0) is 37.0 Å². The van der Waals surface area contributed by atoms with E-state index in [9.17, 15) is 0 Å². The van der Waals surface area contributed by atoms with Gasteiger partial charge in [0.1, 0.15) is 0 Å². The monoisotopic (exact) mass is 202 g/mol. The zero-order valence-corrected chi connectivity index (χ0v) is 9.05. The highest BCUT2D eigenvalue weighted by molar-refractivity contribution is 6.36. The highest BCUT2D eigenvalue weighted by Gasteiger charge is 2.07. The van der Waals surface area contributed by atoms with Crippen LogP contribution in [0.5, 0.6) is 0 Å². The van der Waals surface area contributed by atoms with Gasteiger partial charge in [-0.25, -0.2) is 0 Å². The highest BCUT2D eigenvalue weighted by atomic mass is 35.5. The van der Waals surface area contributed by atoms with Crippen LogP contribution in [0.15, 0.2) is 6.07 Å². The Balaban J connectivity index is 3.39. The molecular formula is C10H12Cl2. The molecule has 0 aliphatic rings. The van der Waals surface area contributed by atoms with E-state index in [1.54, 1.807) is 0 Å². The number of aryl methyl sites for hydroxylation is 2. The zero-order valence-electron chi connectivity index (χ0n) is 7.54. The average Bonchev–Trinajstić information content (AvgIpc) is 2.08. The average molecular weight is 203 g/mol. The predicted octanol–water partition coefficient (Wildman–Crippen LogP) is 4.17. The van der Waals surface area contributed by atoms with Gasteiger partial charge in [-0.2, -0.15) is 0 Å². The fourth-order valence-electron chi connectivity index (χ4n) is 1.28. The van der Waals surface area contributed by atoms with Gasteiger partial charge in [-0.1, -0.05) is 36.2 Å². The smallest absolute Gasteiger partial charge is 0.0482 e. The molecule has 0 amide bonds. The van der Waals surface area contributed by atoms with Crippen molar-refractivity contribution >= 4 is 23.2 Å². The molecule has 0 atom stereocenters. The van der Waals surface area contributed by atoms with Gasteiger partial charge in [-0.15, -0.1) is 0 Å². The number of benzene rings is 1. The Bertz CT molecular complexity index is 303. The summed E-state index contributed by atoms with van der Waals surface area (Å²) in [6.45, 7) is 6.05. The minimum atomic E-state index is 0.789. The van der Waals surface area contributed by atoms with Crippen LogP contribution in [0.3, 0.4) is 0 Å². The molecule has 2 heteroatoms. The molecule has 0 saturated heterocycles. The van der Waals surface area contributed by atoms with Crippen molar-refractivity contribution in [2.24, 2.45) is 0 Å². The molecule has 1 aromatic carbocycles. The Labute approximate surface area is 83.5 Å². The summed E-state index contributed by atoms with van der Waals surface area (Å²) < 4.78 is 0. The maximum absolute atomic E-state index is 6.09. The van der Waals surface area contributed by atoms with E-state index in [0.29, 0.717) is 0 Å². The lowest BCUT2D eigenvalue weighted by molar-refractivity contribution is 1.12. The van der Waals surface area contributed by atoms with Crippen molar-refractivity contribution in [1.29, 1.82) is 0 Å². The van der Waals surface area contributed by atoms with E-state index in [0.717, 1.165) is 27.6 Å². The van der Waals surface area contributed by atoms with Gasteiger partial charge in [-0.3, -0.25) is 0 Å². The van der Waals surface area contributed by atoms with Crippen molar-refractivity contribution in [3.8, 4) is 0 Å². The zero-order chi connectivity index (χ0) is 9.30. The van der Waals surface area contributed by atoms with E-state index < -0.39 is 0 Å². The summed E-state index contributed by atoms with van der Waals surface area (Å²) in [5, 5.41) is 1.60. The van der Waals surface area contributed by atoms with Crippen molar-refractivity contribution < 1.29 is 0 Å². The molecule has 0 aliphatic carbocycles. The molecule has 66 valence electrons. The van der Waals surface area contributed by atoms with Gasteiger partial charge in [0, 0.05) is 10.0 Å². The Kier molecular flexibility index (Phi) is 3.03. The Hall–Kier alpha value is -0.200. The lowest BCUT2D eigenvalue weighted by Gasteiger charge is -2.09. The Morgan fingerprint density at radius 3 is 2.25 bits per heavy atom. The molecule has 0 saturated carbocycles. The van der Waals surface area contributed by atoms with Crippen molar-refractivity contribution in [3.05, 3.63) is 32.8 Å². The lowest BCUT2D eigenvalue weighted by Crippen LogP contribution is -1.90. The van der Waals surface area contributed by atoms with Gasteiger partial charge in [0.25, 0.3) is 0 Å². The molecule has 0 N–H and O–H groups in total. The van der Waals surface area contributed by atoms with Crippen LogP contribution in [-0.4, -0.2) is 0 Å². The summed E-state index contributed by atoms with van der Waals surface area (Å²) in [6.07, 6.45) is 0.956. The molecule has 0 spiro atoms. The second-order valence-corrected chi connectivity index (χ2v) is 3.72. The fourth-order valence-corrected chi connectivity index (χ4v) is 1.76. The summed E-state index contributed by atoms with van der Waals surface area (Å²) in [4.78, 5) is 0. The first kappa shape index (κ1) is 9.88. The summed E-state index contributed by atoms with van der Waals surface area (Å²) in [5.74, 6) is 0. The normalized spacial score (nSPS) is 10.4. The number of halogens is 2. The SMILES string of the molecule is CCc1cc(C)c(Cl)c(C)c1Cl. The molecular weight excluding hydrogens is 191 g/mol. The Morgan fingerprint density at radius 2 is 1.75 bits per heavy atom. The maximum atomic E-state index is 6.09. The molecule has 12 heavy (non-hydrogen) atoms. The first-order chi connectivity index (χ1) is 5.57. The molecule has 0 heterocycles. The molecule has 0 nitrogen and oxygen atoms in total. The maximum Gasteiger partial charge on any atom is 0.0482 e. The predicted molar refractivity (Wildman–Crippen MR) is 55.3 cm³/mol. The first-order valence-corrected chi connectivity index (χ1v) is 4.77. The second-order valence-electron chi connectivity index (χ2n) is 2.96. The molecule has 0 radical (unpaired) electrons. The van der Waals surface area contributed by atoms with Crippen LogP contribution in [0.4, 0.5) is 0 Å². The van der Waals surface area contributed by atoms with Crippen LogP contribution in [0, 0.1) is 13.8 Å². The topological polar surface area (TPSA) is 0 Å². The molecule has 1 aromatic rings. The molecule has 0 aromatic heterocycles. The molecule has 0 aliphatic heterocycles. The summed E-state index contributed by atoms with van der Waals surface area (Å²) in [7, 11) is 0. The lowest BCUT2D eigenvalue weighted by atomic mass is 10.1. The fraction of sp³-hybridized carbons (Fsp3) is 0.400. The van der Waals surface area contributed by atoms with Gasteiger partial charge < -0.3 is 0 Å². The van der Waals surface area contributed by atoms with Crippen LogP contribution in [0.25, 0.3) is 0 Å². The highest BCUT2D eigenvalue weighted by Crippen LogP contribution is 2.30. The quantitative estimate of drug-likeness (QED) is 0.642. The second kappa shape index (κ2) is 3.68. The van der Waals surface area contributed by atoms with Crippen LogP contribution in [0.2, 0.25) is 10.0 Å². The van der Waals surface area contributed by atoms with Crippen molar-refractivity contribution in [1.82, 2.24) is 0 Å². The van der Waals surface area contributed by atoms with Crippen LogP contribution in [0.1, 0.15) is 23.6 Å². The molecule has 0 unspecified atom stereocenters. The van der Waals surface area contributed by atoms with E-state index in [2.05, 4.69) is 13.0 Å². The third-order valence-electron chi connectivity index (χ3n) is 2.06. The number of hydrogen-bond donors (Lipinski definition) is 0. The molecule has 1 rings (SSSR count). The minimum Gasteiger partial charge on any atom is -0.0837 e. The van der Waals surface area contributed by atoms with Gasteiger partial charge in [0.2, 0.25) is 0 Å². The third-order valence-corrected chi connectivity index (χ3v) is 3.17. The van der Waals surface area contributed by atoms with Gasteiger partial charge in [0.05, 0.1) is 0 Å². The van der Waals surface area contributed by atoms with Crippen LogP contribution >= 0.6 is 23.2 Å². The van der Waals surface area contributed by atoms with E-state index in [1.807, 2.05) is 13.8 Å². The largest absolute Gasteiger partial charge is 0.0837 e. The summed E-state index contributed by atoms with van der Waals surface area (Å²) >= 11 is 12.1. The van der Waals surface area contributed by atoms with E-state index in [1.165, 1.54) is 5.56 Å². The van der Waals surface area contributed by atoms with Crippen LogP contribution in [-0.2, 0) is 6.42 Å². The third kappa shape index (κ3) is 1.60. The Morgan fingerprint density at radius 1 is 1.17 bits per heavy atom. The number of hydrogen-bond acceptors (Lipinski definition) is 0. The van der Waals surface area contributed by atoms with E-state index in [-0.39, 0.29) is 0 Å². The minimum absolute atomic E-state index is 0.789. The first-order valence-electron chi connectivity index (χ1n) is 4.02. The molecule has 0 bridgehead atoms. The van der Waals surface area contributed by atoms with Crippen LogP contribution < -0.4 is 0 Å². The van der Waals surface area contributed by atoms with Crippen molar-refractivity contribution in [3.63, 3.8) is 0 Å². The van der Waals surface area contributed by atoms with E-state index >= 15 is 0 Å². The number of rotatable bonds is 1.